The summed E-state index contributed by atoms with van der Waals surface area (Å²) in [5.74, 6) is -1.14. The Balaban J connectivity index is 4.18. The second-order valence-corrected chi connectivity index (χ2v) is 5.29. The first-order valence-electron chi connectivity index (χ1n) is 4.46. The van der Waals surface area contributed by atoms with Crippen molar-refractivity contribution in [3.8, 4) is 0 Å². The van der Waals surface area contributed by atoms with Crippen LogP contribution in [-0.2, 0) is 9.53 Å². The molecule has 0 aliphatic heterocycles. The highest BCUT2D eigenvalue weighted by molar-refractivity contribution is 6.69. The Labute approximate surface area is 104 Å². The van der Waals surface area contributed by atoms with Crippen molar-refractivity contribution in [2.45, 2.75) is 23.6 Å². The monoisotopic (exact) mass is 274 g/mol. The van der Waals surface area contributed by atoms with Crippen LogP contribution in [0.1, 0.15) is 19.8 Å². The van der Waals surface area contributed by atoms with Crippen LogP contribution >= 0.6 is 34.8 Å². The fourth-order valence-electron chi connectivity index (χ4n) is 0.791. The molecule has 0 unspecified atom stereocenters. The lowest BCUT2D eigenvalue weighted by molar-refractivity contribution is -0.133. The molecule has 0 aromatic carbocycles. The molecule has 15 heavy (non-hydrogen) atoms. The highest BCUT2D eigenvalue weighted by atomic mass is 35.6. The molecule has 3 nitrogen and oxygen atoms in total. The van der Waals surface area contributed by atoms with Gasteiger partial charge in [0.05, 0.1) is 12.2 Å². The molecule has 0 aliphatic rings. The maximum absolute atomic E-state index is 10.7. The van der Waals surface area contributed by atoms with Gasteiger partial charge in [-0.15, -0.1) is 0 Å². The van der Waals surface area contributed by atoms with Gasteiger partial charge in [0.15, 0.2) is 0 Å². The zero-order chi connectivity index (χ0) is 11.9. The SMILES string of the molecule is CCCCOCC(=CC(Cl)(Cl)Cl)C(=O)O. The van der Waals surface area contributed by atoms with E-state index in [9.17, 15) is 4.79 Å². The van der Waals surface area contributed by atoms with E-state index in [-0.39, 0.29) is 12.2 Å². The van der Waals surface area contributed by atoms with Gasteiger partial charge in [-0.1, -0.05) is 48.1 Å². The van der Waals surface area contributed by atoms with Gasteiger partial charge >= 0.3 is 5.97 Å². The van der Waals surface area contributed by atoms with Gasteiger partial charge in [-0.05, 0) is 12.5 Å². The topological polar surface area (TPSA) is 46.5 Å². The number of ether oxygens (including phenoxy) is 1. The summed E-state index contributed by atoms with van der Waals surface area (Å²) in [5, 5.41) is 8.77. The molecule has 6 heteroatoms. The number of carbonyl (C=O) groups is 1. The van der Waals surface area contributed by atoms with Crippen molar-refractivity contribution in [2.75, 3.05) is 13.2 Å². The summed E-state index contributed by atoms with van der Waals surface area (Å²) in [4.78, 5) is 10.7. The Hall–Kier alpha value is 0.0400. The molecule has 0 bridgehead atoms. The number of alkyl halides is 3. The number of hydrogen-bond donors (Lipinski definition) is 1. The Morgan fingerprint density at radius 1 is 1.47 bits per heavy atom. The van der Waals surface area contributed by atoms with Crippen molar-refractivity contribution >= 4 is 40.8 Å². The minimum atomic E-state index is -1.71. The molecule has 0 aliphatic carbocycles. The highest BCUT2D eigenvalue weighted by Crippen LogP contribution is 2.28. The molecule has 1 N–H and O–H groups in total. The lowest BCUT2D eigenvalue weighted by Gasteiger charge is -2.08. The number of halogens is 3. The molecule has 0 spiro atoms. The van der Waals surface area contributed by atoms with E-state index in [4.69, 9.17) is 44.6 Å². The van der Waals surface area contributed by atoms with Crippen LogP contribution in [0.4, 0.5) is 0 Å². The van der Waals surface area contributed by atoms with Gasteiger partial charge in [0.1, 0.15) is 0 Å². The van der Waals surface area contributed by atoms with Gasteiger partial charge in [-0.2, -0.15) is 0 Å². The summed E-state index contributed by atoms with van der Waals surface area (Å²) in [6.07, 6.45) is 2.91. The number of allylic oxidation sites excluding steroid dienone is 1. The van der Waals surface area contributed by atoms with Crippen LogP contribution in [0, 0.1) is 0 Å². The number of unbranched alkanes of at least 4 members (excludes halogenated alkanes) is 1. The standard InChI is InChI=1S/C9H13Cl3O3/c1-2-3-4-15-6-7(8(13)14)5-9(10,11)12/h5H,2-4,6H2,1H3,(H,13,14). The molecule has 0 heterocycles. The molecule has 0 rings (SSSR count). The summed E-state index contributed by atoms with van der Waals surface area (Å²) in [6.45, 7) is 2.46. The van der Waals surface area contributed by atoms with E-state index in [0.717, 1.165) is 18.9 Å². The van der Waals surface area contributed by atoms with Crippen LogP contribution in [0.25, 0.3) is 0 Å². The third kappa shape index (κ3) is 9.00. The van der Waals surface area contributed by atoms with Crippen LogP contribution in [0.2, 0.25) is 0 Å². The molecule has 0 aromatic heterocycles. The average molecular weight is 276 g/mol. The molecule has 0 atom stereocenters. The first-order valence-corrected chi connectivity index (χ1v) is 5.59. The van der Waals surface area contributed by atoms with Crippen LogP contribution in [0.5, 0.6) is 0 Å². The van der Waals surface area contributed by atoms with E-state index >= 15 is 0 Å². The minimum Gasteiger partial charge on any atom is -0.478 e. The van der Waals surface area contributed by atoms with Gasteiger partial charge in [0.25, 0.3) is 0 Å². The molecule has 88 valence electrons. The van der Waals surface area contributed by atoms with E-state index in [2.05, 4.69) is 0 Å². The summed E-state index contributed by atoms with van der Waals surface area (Å²) in [6, 6.07) is 0. The van der Waals surface area contributed by atoms with Gasteiger partial charge in [-0.3, -0.25) is 0 Å². The summed E-state index contributed by atoms with van der Waals surface area (Å²) in [5.41, 5.74) is -0.0499. The van der Waals surface area contributed by atoms with Gasteiger partial charge < -0.3 is 9.84 Å². The second kappa shape index (κ2) is 7.34. The summed E-state index contributed by atoms with van der Waals surface area (Å²) < 4.78 is 3.41. The van der Waals surface area contributed by atoms with E-state index in [1.54, 1.807) is 0 Å². The molecule has 0 saturated heterocycles. The molecule has 0 amide bonds. The van der Waals surface area contributed by atoms with Crippen LogP contribution in [0.3, 0.4) is 0 Å². The minimum absolute atomic E-state index is 0.0499. The fraction of sp³-hybridized carbons (Fsp3) is 0.667. The Morgan fingerprint density at radius 3 is 2.47 bits per heavy atom. The number of aliphatic carboxylic acids is 1. The third-order valence-corrected chi connectivity index (χ3v) is 1.84. The normalized spacial score (nSPS) is 12.9. The third-order valence-electron chi connectivity index (χ3n) is 1.51. The number of rotatable bonds is 6. The smallest absolute Gasteiger partial charge is 0.333 e. The van der Waals surface area contributed by atoms with Gasteiger partial charge in [-0.25, -0.2) is 4.79 Å². The maximum atomic E-state index is 10.7. The lowest BCUT2D eigenvalue weighted by atomic mass is 10.3. The molecule has 0 fully saturated rings. The van der Waals surface area contributed by atoms with Crippen molar-refractivity contribution in [2.24, 2.45) is 0 Å². The first kappa shape index (κ1) is 15.0. The van der Waals surface area contributed by atoms with E-state index in [1.807, 2.05) is 6.92 Å². The fourth-order valence-corrected chi connectivity index (χ4v) is 1.19. The predicted molar refractivity (Wildman–Crippen MR) is 61.7 cm³/mol. The molecular formula is C9H13Cl3O3. The first-order chi connectivity index (χ1) is 6.87. The van der Waals surface area contributed by atoms with Crippen molar-refractivity contribution < 1.29 is 14.6 Å². The largest absolute Gasteiger partial charge is 0.478 e. The van der Waals surface area contributed by atoms with E-state index in [0.29, 0.717) is 6.61 Å². The van der Waals surface area contributed by atoms with Crippen LogP contribution in [0.15, 0.2) is 11.6 Å². The second-order valence-electron chi connectivity index (χ2n) is 2.92. The van der Waals surface area contributed by atoms with E-state index in [1.165, 1.54) is 0 Å². The van der Waals surface area contributed by atoms with Gasteiger partial charge in [0, 0.05) is 6.61 Å². The average Bonchev–Trinajstić information content (AvgIpc) is 2.08. The zero-order valence-corrected chi connectivity index (χ0v) is 10.6. The lowest BCUT2D eigenvalue weighted by Crippen LogP contribution is -2.12. The Kier molecular flexibility index (Phi) is 7.36. The molecule has 0 saturated carbocycles. The van der Waals surface area contributed by atoms with Gasteiger partial charge in [0.2, 0.25) is 3.79 Å². The Bertz CT molecular complexity index is 233. The van der Waals surface area contributed by atoms with Crippen molar-refractivity contribution in [1.29, 1.82) is 0 Å². The van der Waals surface area contributed by atoms with Crippen molar-refractivity contribution in [3.63, 3.8) is 0 Å². The highest BCUT2D eigenvalue weighted by Gasteiger charge is 2.20. The van der Waals surface area contributed by atoms with Crippen LogP contribution in [-0.4, -0.2) is 28.1 Å². The maximum Gasteiger partial charge on any atom is 0.333 e. The number of hydrogen-bond acceptors (Lipinski definition) is 2. The summed E-state index contributed by atoms with van der Waals surface area (Å²) >= 11 is 16.3. The predicted octanol–water partition coefficient (Wildman–Crippen LogP) is 3.18. The molecule has 0 radical (unpaired) electrons. The number of carboxylic acids is 1. The quantitative estimate of drug-likeness (QED) is 0.460. The Morgan fingerprint density at radius 2 is 2.07 bits per heavy atom. The van der Waals surface area contributed by atoms with E-state index < -0.39 is 9.76 Å². The molecular weight excluding hydrogens is 262 g/mol. The summed E-state index contributed by atoms with van der Waals surface area (Å²) in [7, 11) is 0. The van der Waals surface area contributed by atoms with Crippen molar-refractivity contribution in [3.05, 3.63) is 11.6 Å². The van der Waals surface area contributed by atoms with Crippen LogP contribution < -0.4 is 0 Å². The molecule has 0 aromatic rings. The van der Waals surface area contributed by atoms with Crippen molar-refractivity contribution in [1.82, 2.24) is 0 Å². The zero-order valence-electron chi connectivity index (χ0n) is 8.30. The number of carboxylic acid groups (broad SMARTS) is 1.